The van der Waals surface area contributed by atoms with E-state index in [-0.39, 0.29) is 17.4 Å². The first-order valence-corrected chi connectivity index (χ1v) is 8.99. The van der Waals surface area contributed by atoms with Gasteiger partial charge in [0.1, 0.15) is 0 Å². The predicted molar refractivity (Wildman–Crippen MR) is 94.8 cm³/mol. The van der Waals surface area contributed by atoms with E-state index < -0.39 is 6.03 Å². The Bertz CT molecular complexity index is 612. The molecule has 0 radical (unpaired) electrons. The number of hydrogen-bond donors (Lipinski definition) is 1. The Labute approximate surface area is 148 Å². The number of likely N-dealkylation sites (tertiary alicyclic amines) is 2. The van der Waals surface area contributed by atoms with Crippen LogP contribution in [0.5, 0.6) is 0 Å². The summed E-state index contributed by atoms with van der Waals surface area (Å²) in [4.78, 5) is 27.8. The van der Waals surface area contributed by atoms with Crippen molar-refractivity contribution in [2.45, 2.75) is 31.3 Å². The standard InChI is InChI=1S/C19H27N3O3/c1-25-19(16-7-3-2-4-8-16)9-12-21(13-10-19)17(23)15-6-5-11-22(14-15)18(20)24/h2-4,7-8,15H,5-6,9-14H2,1H3,(H2,20,24)/t15-/m1/s1. The van der Waals surface area contributed by atoms with Gasteiger partial charge in [-0.3, -0.25) is 4.79 Å². The van der Waals surface area contributed by atoms with E-state index in [0.29, 0.717) is 26.2 Å². The van der Waals surface area contributed by atoms with Gasteiger partial charge in [-0.15, -0.1) is 0 Å². The number of hydrogen-bond acceptors (Lipinski definition) is 3. The molecule has 0 aliphatic carbocycles. The van der Waals surface area contributed by atoms with Crippen LogP contribution in [0.4, 0.5) is 4.79 Å². The third-order valence-electron chi connectivity index (χ3n) is 5.66. The largest absolute Gasteiger partial charge is 0.373 e. The highest BCUT2D eigenvalue weighted by Gasteiger charge is 2.39. The van der Waals surface area contributed by atoms with Gasteiger partial charge in [-0.05, 0) is 31.2 Å². The zero-order valence-electron chi connectivity index (χ0n) is 14.8. The van der Waals surface area contributed by atoms with Gasteiger partial charge in [-0.25, -0.2) is 4.79 Å². The Balaban J connectivity index is 1.63. The summed E-state index contributed by atoms with van der Waals surface area (Å²) >= 11 is 0. The Morgan fingerprint density at radius 3 is 2.40 bits per heavy atom. The zero-order chi connectivity index (χ0) is 17.9. The SMILES string of the molecule is COC1(c2ccccc2)CCN(C(=O)[C@@H]2CCCN(C(N)=O)C2)CC1. The van der Waals surface area contributed by atoms with Crippen molar-refractivity contribution in [1.29, 1.82) is 0 Å². The first-order valence-electron chi connectivity index (χ1n) is 8.99. The van der Waals surface area contributed by atoms with E-state index in [1.165, 1.54) is 5.56 Å². The third kappa shape index (κ3) is 3.63. The van der Waals surface area contributed by atoms with E-state index >= 15 is 0 Å². The predicted octanol–water partition coefficient (Wildman–Crippen LogP) is 1.94. The van der Waals surface area contributed by atoms with Gasteiger partial charge in [0.15, 0.2) is 0 Å². The molecule has 2 saturated heterocycles. The van der Waals surface area contributed by atoms with Crippen LogP contribution in [0.3, 0.4) is 0 Å². The first-order chi connectivity index (χ1) is 12.1. The monoisotopic (exact) mass is 345 g/mol. The number of nitrogens with zero attached hydrogens (tertiary/aromatic N) is 2. The number of carbonyl (C=O) groups is 2. The molecule has 2 aliphatic rings. The fourth-order valence-electron chi connectivity index (χ4n) is 4.08. The average Bonchev–Trinajstić information content (AvgIpc) is 2.68. The summed E-state index contributed by atoms with van der Waals surface area (Å²) < 4.78 is 5.88. The molecule has 1 atom stereocenters. The molecule has 0 saturated carbocycles. The molecule has 1 aromatic carbocycles. The van der Waals surface area contributed by atoms with Crippen molar-refractivity contribution in [3.63, 3.8) is 0 Å². The minimum absolute atomic E-state index is 0.131. The highest BCUT2D eigenvalue weighted by Crippen LogP contribution is 2.36. The lowest BCUT2D eigenvalue weighted by Crippen LogP contribution is -2.51. The molecule has 2 aliphatic heterocycles. The quantitative estimate of drug-likeness (QED) is 0.909. The van der Waals surface area contributed by atoms with Crippen LogP contribution >= 0.6 is 0 Å². The van der Waals surface area contributed by atoms with Crippen LogP contribution < -0.4 is 5.73 Å². The maximum atomic E-state index is 12.9. The molecule has 136 valence electrons. The van der Waals surface area contributed by atoms with Crippen LogP contribution in [-0.2, 0) is 15.1 Å². The molecule has 2 N–H and O–H groups in total. The summed E-state index contributed by atoms with van der Waals surface area (Å²) in [6.07, 6.45) is 3.23. The van der Waals surface area contributed by atoms with Crippen molar-refractivity contribution in [2.75, 3.05) is 33.3 Å². The molecule has 0 bridgehead atoms. The summed E-state index contributed by atoms with van der Waals surface area (Å²) in [6.45, 7) is 2.45. The molecule has 25 heavy (non-hydrogen) atoms. The van der Waals surface area contributed by atoms with Crippen LogP contribution in [0.2, 0.25) is 0 Å². The second-order valence-electron chi connectivity index (χ2n) is 7.01. The van der Waals surface area contributed by atoms with Crippen molar-refractivity contribution < 1.29 is 14.3 Å². The van der Waals surface area contributed by atoms with Gasteiger partial charge < -0.3 is 20.3 Å². The number of piperidine rings is 2. The second-order valence-corrected chi connectivity index (χ2v) is 7.01. The molecule has 6 nitrogen and oxygen atoms in total. The summed E-state index contributed by atoms with van der Waals surface area (Å²) in [5.41, 5.74) is 6.22. The molecule has 2 fully saturated rings. The maximum Gasteiger partial charge on any atom is 0.314 e. The zero-order valence-corrected chi connectivity index (χ0v) is 14.8. The first kappa shape index (κ1) is 17.7. The lowest BCUT2D eigenvalue weighted by Gasteiger charge is -2.43. The van der Waals surface area contributed by atoms with E-state index in [2.05, 4.69) is 12.1 Å². The third-order valence-corrected chi connectivity index (χ3v) is 5.66. The number of amides is 3. The fourth-order valence-corrected chi connectivity index (χ4v) is 4.08. The van der Waals surface area contributed by atoms with Gasteiger partial charge >= 0.3 is 6.03 Å². The van der Waals surface area contributed by atoms with E-state index in [1.807, 2.05) is 23.1 Å². The lowest BCUT2D eigenvalue weighted by atomic mass is 9.83. The molecule has 0 aromatic heterocycles. The molecule has 6 heteroatoms. The van der Waals surface area contributed by atoms with E-state index in [0.717, 1.165) is 25.7 Å². The maximum absolute atomic E-state index is 12.9. The van der Waals surface area contributed by atoms with Crippen LogP contribution in [0.1, 0.15) is 31.2 Å². The van der Waals surface area contributed by atoms with E-state index in [4.69, 9.17) is 10.5 Å². The van der Waals surface area contributed by atoms with Gasteiger partial charge in [0.2, 0.25) is 5.91 Å². The smallest absolute Gasteiger partial charge is 0.314 e. The average molecular weight is 345 g/mol. The Kier molecular flexibility index (Phi) is 5.27. The van der Waals surface area contributed by atoms with Gasteiger partial charge in [-0.2, -0.15) is 0 Å². The van der Waals surface area contributed by atoms with E-state index in [9.17, 15) is 9.59 Å². The summed E-state index contributed by atoms with van der Waals surface area (Å²) in [5.74, 6) is 0.0109. The molecule has 3 amide bonds. The molecular weight excluding hydrogens is 318 g/mol. The minimum Gasteiger partial charge on any atom is -0.373 e. The van der Waals surface area contributed by atoms with Crippen molar-refractivity contribution in [3.05, 3.63) is 35.9 Å². The topological polar surface area (TPSA) is 75.9 Å². The normalized spacial score (nSPS) is 23.3. The Morgan fingerprint density at radius 1 is 1.12 bits per heavy atom. The van der Waals surface area contributed by atoms with Crippen LogP contribution in [0.15, 0.2) is 30.3 Å². The van der Waals surface area contributed by atoms with Crippen LogP contribution in [0, 0.1) is 5.92 Å². The van der Waals surface area contributed by atoms with Crippen LogP contribution in [-0.4, -0.2) is 55.0 Å². The van der Waals surface area contributed by atoms with Gasteiger partial charge in [0, 0.05) is 33.3 Å². The molecule has 2 heterocycles. The summed E-state index contributed by atoms with van der Waals surface area (Å²) in [6, 6.07) is 9.79. The number of ether oxygens (including phenoxy) is 1. The number of urea groups is 1. The minimum atomic E-state index is -0.432. The van der Waals surface area contributed by atoms with Crippen LogP contribution in [0.25, 0.3) is 0 Å². The number of methoxy groups -OCH3 is 1. The molecular formula is C19H27N3O3. The second kappa shape index (κ2) is 7.44. The molecule has 0 spiro atoms. The molecule has 1 aromatic rings. The van der Waals surface area contributed by atoms with Gasteiger partial charge in [-0.1, -0.05) is 30.3 Å². The fraction of sp³-hybridized carbons (Fsp3) is 0.579. The number of carbonyl (C=O) groups excluding carboxylic acids is 2. The highest BCUT2D eigenvalue weighted by atomic mass is 16.5. The van der Waals surface area contributed by atoms with Crippen molar-refractivity contribution in [1.82, 2.24) is 9.80 Å². The molecule has 3 rings (SSSR count). The number of primary amides is 1. The number of benzene rings is 1. The number of rotatable bonds is 3. The van der Waals surface area contributed by atoms with Gasteiger partial charge in [0.25, 0.3) is 0 Å². The van der Waals surface area contributed by atoms with Crippen molar-refractivity contribution >= 4 is 11.9 Å². The molecule has 0 unspecified atom stereocenters. The Hall–Kier alpha value is -2.08. The van der Waals surface area contributed by atoms with E-state index in [1.54, 1.807) is 12.0 Å². The van der Waals surface area contributed by atoms with Gasteiger partial charge in [0.05, 0.1) is 11.5 Å². The number of nitrogens with two attached hydrogens (primary N) is 1. The summed E-state index contributed by atoms with van der Waals surface area (Å²) in [5, 5.41) is 0. The highest BCUT2D eigenvalue weighted by molar-refractivity contribution is 5.80. The van der Waals surface area contributed by atoms with Crippen molar-refractivity contribution in [2.24, 2.45) is 11.7 Å². The Morgan fingerprint density at radius 2 is 1.80 bits per heavy atom. The summed E-state index contributed by atoms with van der Waals surface area (Å²) in [7, 11) is 1.75. The van der Waals surface area contributed by atoms with Crippen molar-refractivity contribution in [3.8, 4) is 0 Å². The lowest BCUT2D eigenvalue weighted by molar-refractivity contribution is -0.143.